The van der Waals surface area contributed by atoms with Gasteiger partial charge in [-0.05, 0) is 89.9 Å². The molecule has 0 bridgehead atoms. The smallest absolute Gasteiger partial charge is 0.306 e. The van der Waals surface area contributed by atoms with Gasteiger partial charge >= 0.3 is 11.9 Å². The molecule has 0 aliphatic carbocycles. The van der Waals surface area contributed by atoms with Crippen LogP contribution in [0.2, 0.25) is 0 Å². The molecule has 0 heterocycles. The summed E-state index contributed by atoms with van der Waals surface area (Å²) >= 11 is 0. The van der Waals surface area contributed by atoms with Crippen LogP contribution in [0.3, 0.4) is 0 Å². The molecule has 0 radical (unpaired) electrons. The summed E-state index contributed by atoms with van der Waals surface area (Å²) < 4.78 is 34.4. The van der Waals surface area contributed by atoms with Crippen LogP contribution in [0, 0.1) is 0 Å². The number of hydrogen-bond acceptors (Lipinski definition) is 8. The van der Waals surface area contributed by atoms with Crippen molar-refractivity contribution < 1.29 is 42.1 Å². The normalized spacial score (nSPS) is 13.7. The van der Waals surface area contributed by atoms with Crippen LogP contribution in [0.25, 0.3) is 0 Å². The standard InChI is InChI=1S/C83H146NO8P/c1-6-8-10-12-14-16-18-20-22-24-26-28-30-32-34-36-38-39-40-41-42-43-44-45-46-48-50-52-54-56-58-60-62-64-66-68-70-72-74-76-83(86)92-81(80-91-93(87,88)90-78-77-84(3,4)5)79-89-82(85)75-73-71-69-67-65-63-61-59-57-55-53-51-49-47-37-35-33-31-29-27-25-23-21-19-17-15-13-11-9-7-2/h8,10,14,16,20,22,26,28,32,34,38-39,41-42,44-45,48,50,54,56,81H,6-7,9,11-13,15,17-19,21,23-25,27,29-31,33,35-37,40,43,46-47,49,51-53,55,57-80H2,1-5H3/b10-8-,16-14-,22-20-,28-26-,34-32-,39-38-,42-41-,45-44-,50-48-,56-54-. The van der Waals surface area contributed by atoms with Crippen molar-refractivity contribution in [1.29, 1.82) is 0 Å². The van der Waals surface area contributed by atoms with Gasteiger partial charge in [-0.2, -0.15) is 0 Å². The number of carbonyl (C=O) groups is 2. The Morgan fingerprint density at radius 1 is 0.344 bits per heavy atom. The molecular formula is C83H146NO8P. The van der Waals surface area contributed by atoms with Gasteiger partial charge in [0.05, 0.1) is 27.7 Å². The van der Waals surface area contributed by atoms with E-state index in [2.05, 4.69) is 135 Å². The van der Waals surface area contributed by atoms with Gasteiger partial charge in [0.2, 0.25) is 0 Å². The van der Waals surface area contributed by atoms with E-state index in [9.17, 15) is 19.0 Å². The molecule has 0 N–H and O–H groups in total. The first-order chi connectivity index (χ1) is 45.5. The number of ether oxygens (including phenoxy) is 2. The Labute approximate surface area is 575 Å². The number of phosphoric acid groups is 1. The number of likely N-dealkylation sites (N-methyl/N-ethyl adjacent to an activating group) is 1. The molecule has 0 aliphatic heterocycles. The van der Waals surface area contributed by atoms with Crippen molar-refractivity contribution in [1.82, 2.24) is 0 Å². The first-order valence-electron chi connectivity index (χ1n) is 38.7. The average Bonchev–Trinajstić information content (AvgIpc) is 2.01. The predicted molar refractivity (Wildman–Crippen MR) is 401 cm³/mol. The molecule has 9 nitrogen and oxygen atoms in total. The molecular weight excluding hydrogens is 1170 g/mol. The van der Waals surface area contributed by atoms with E-state index in [0.29, 0.717) is 17.4 Å². The second kappa shape index (κ2) is 72.7. The van der Waals surface area contributed by atoms with Crippen LogP contribution in [0.4, 0.5) is 0 Å². The molecule has 0 aromatic heterocycles. The van der Waals surface area contributed by atoms with Gasteiger partial charge in [0.15, 0.2) is 6.10 Å². The van der Waals surface area contributed by atoms with Gasteiger partial charge < -0.3 is 27.9 Å². The van der Waals surface area contributed by atoms with E-state index < -0.39 is 26.5 Å². The van der Waals surface area contributed by atoms with Crippen LogP contribution in [-0.4, -0.2) is 70.0 Å². The van der Waals surface area contributed by atoms with Gasteiger partial charge in [0.1, 0.15) is 19.8 Å². The minimum atomic E-state index is -4.65. The van der Waals surface area contributed by atoms with Crippen molar-refractivity contribution in [2.45, 2.75) is 347 Å². The van der Waals surface area contributed by atoms with Crippen molar-refractivity contribution >= 4 is 19.8 Å². The Balaban J connectivity index is 4.05. The zero-order valence-electron chi connectivity index (χ0n) is 61.2. The molecule has 0 rings (SSSR count). The molecule has 2 unspecified atom stereocenters. The van der Waals surface area contributed by atoms with E-state index in [1.54, 1.807) is 0 Å². The average molecular weight is 1320 g/mol. The number of esters is 2. The number of allylic oxidation sites excluding steroid dienone is 20. The summed E-state index contributed by atoms with van der Waals surface area (Å²) in [4.78, 5) is 38.1. The lowest BCUT2D eigenvalue weighted by Crippen LogP contribution is -2.37. The first kappa shape index (κ1) is 89.4. The summed E-state index contributed by atoms with van der Waals surface area (Å²) in [6.45, 7) is 4.16. The molecule has 0 saturated heterocycles. The molecule has 0 aromatic rings. The van der Waals surface area contributed by atoms with E-state index in [1.165, 1.54) is 199 Å². The van der Waals surface area contributed by atoms with Crippen LogP contribution >= 0.6 is 7.82 Å². The molecule has 2 atom stereocenters. The molecule has 0 saturated carbocycles. The lowest BCUT2D eigenvalue weighted by molar-refractivity contribution is -0.870. The van der Waals surface area contributed by atoms with E-state index in [-0.39, 0.29) is 32.0 Å². The largest absolute Gasteiger partial charge is 0.756 e. The number of quaternary nitrogens is 1. The minimum Gasteiger partial charge on any atom is -0.756 e. The summed E-state index contributed by atoms with van der Waals surface area (Å²) in [5.41, 5.74) is 0. The van der Waals surface area contributed by atoms with Gasteiger partial charge in [-0.25, -0.2) is 0 Å². The number of hydrogen-bond donors (Lipinski definition) is 0. The third-order valence-corrected chi connectivity index (χ3v) is 17.7. The number of nitrogens with zero attached hydrogens (tertiary/aromatic N) is 1. The van der Waals surface area contributed by atoms with E-state index >= 15 is 0 Å². The molecule has 0 fully saturated rings. The number of carbonyl (C=O) groups excluding carboxylic acids is 2. The fourth-order valence-corrected chi connectivity index (χ4v) is 11.6. The highest BCUT2D eigenvalue weighted by Gasteiger charge is 2.22. The molecule has 0 amide bonds. The van der Waals surface area contributed by atoms with E-state index in [0.717, 1.165) is 109 Å². The Kier molecular flexibility index (Phi) is 69.9. The molecule has 10 heteroatoms. The van der Waals surface area contributed by atoms with Gasteiger partial charge in [-0.1, -0.05) is 360 Å². The summed E-state index contributed by atoms with van der Waals surface area (Å²) in [6, 6.07) is 0. The molecule has 93 heavy (non-hydrogen) atoms. The van der Waals surface area contributed by atoms with Crippen LogP contribution in [-0.2, 0) is 32.7 Å². The maximum atomic E-state index is 12.9. The van der Waals surface area contributed by atoms with Gasteiger partial charge in [0, 0.05) is 12.8 Å². The number of phosphoric ester groups is 1. The predicted octanol–water partition coefficient (Wildman–Crippen LogP) is 25.1. The molecule has 536 valence electrons. The molecule has 0 aromatic carbocycles. The maximum Gasteiger partial charge on any atom is 0.306 e. The lowest BCUT2D eigenvalue weighted by Gasteiger charge is -2.28. The third kappa shape index (κ3) is 77.3. The maximum absolute atomic E-state index is 12.9. The summed E-state index contributed by atoms with van der Waals surface area (Å²) in [5.74, 6) is -0.835. The third-order valence-electron chi connectivity index (χ3n) is 16.7. The van der Waals surface area contributed by atoms with Crippen LogP contribution in [0.1, 0.15) is 341 Å². The van der Waals surface area contributed by atoms with Crippen molar-refractivity contribution in [3.8, 4) is 0 Å². The SMILES string of the molecule is CC/C=C\C/C=C\C/C=C\C/C=C\C/C=C\C/C=C\C/C=C\C/C=C\C/C=C\C/C=C\CCCCCCCCCCC(=O)OC(COC(=O)CCCCCCCCCCCCCCCCCCCCCCCCCCCCCCCC)COP(=O)([O-])OCC[N+](C)(C)C. The van der Waals surface area contributed by atoms with Crippen LogP contribution in [0.15, 0.2) is 122 Å². The highest BCUT2D eigenvalue weighted by Crippen LogP contribution is 2.38. The van der Waals surface area contributed by atoms with Crippen LogP contribution in [0.5, 0.6) is 0 Å². The summed E-state index contributed by atoms with van der Waals surface area (Å²) in [7, 11) is 1.16. The highest BCUT2D eigenvalue weighted by molar-refractivity contribution is 7.45. The Bertz CT molecular complexity index is 1990. The quantitative estimate of drug-likeness (QED) is 0.0195. The lowest BCUT2D eigenvalue weighted by atomic mass is 10.0. The van der Waals surface area contributed by atoms with Crippen molar-refractivity contribution in [3.05, 3.63) is 122 Å². The molecule has 0 spiro atoms. The zero-order chi connectivity index (χ0) is 67.6. The number of unbranched alkanes of at least 4 members (excludes halogenated alkanes) is 37. The molecule has 0 aliphatic rings. The van der Waals surface area contributed by atoms with Gasteiger partial charge in [-0.3, -0.25) is 14.2 Å². The van der Waals surface area contributed by atoms with E-state index in [1.807, 2.05) is 21.1 Å². The van der Waals surface area contributed by atoms with Gasteiger partial charge in [0.25, 0.3) is 7.82 Å². The van der Waals surface area contributed by atoms with Crippen molar-refractivity contribution in [2.75, 3.05) is 47.5 Å². The first-order valence-corrected chi connectivity index (χ1v) is 40.2. The Morgan fingerprint density at radius 3 is 0.914 bits per heavy atom. The Morgan fingerprint density at radius 2 is 0.613 bits per heavy atom. The van der Waals surface area contributed by atoms with Crippen molar-refractivity contribution in [3.63, 3.8) is 0 Å². The second-order valence-corrected chi connectivity index (χ2v) is 28.4. The zero-order valence-corrected chi connectivity index (χ0v) is 62.1. The monoisotopic (exact) mass is 1320 g/mol. The Hall–Kier alpha value is -3.59. The summed E-state index contributed by atoms with van der Waals surface area (Å²) in [5, 5.41) is 0. The highest BCUT2D eigenvalue weighted by atomic mass is 31.2. The van der Waals surface area contributed by atoms with Crippen molar-refractivity contribution in [2.24, 2.45) is 0 Å². The minimum absolute atomic E-state index is 0.0361. The second-order valence-electron chi connectivity index (χ2n) is 27.0. The number of rotatable bonds is 71. The topological polar surface area (TPSA) is 111 Å². The fourth-order valence-electron chi connectivity index (χ4n) is 10.9. The van der Waals surface area contributed by atoms with Crippen LogP contribution < -0.4 is 4.89 Å². The fraction of sp³-hybridized carbons (Fsp3) is 0.735. The summed E-state index contributed by atoms with van der Waals surface area (Å²) in [6.07, 6.45) is 104. The van der Waals surface area contributed by atoms with E-state index in [4.69, 9.17) is 18.5 Å². The van der Waals surface area contributed by atoms with Gasteiger partial charge in [-0.15, -0.1) is 0 Å².